The van der Waals surface area contributed by atoms with Crippen molar-refractivity contribution in [1.29, 1.82) is 0 Å². The van der Waals surface area contributed by atoms with Crippen molar-refractivity contribution in [1.82, 2.24) is 10.2 Å². The van der Waals surface area contributed by atoms with E-state index in [1.165, 1.54) is 0 Å². The van der Waals surface area contributed by atoms with Gasteiger partial charge in [-0.25, -0.2) is 0 Å². The van der Waals surface area contributed by atoms with Gasteiger partial charge in [0.1, 0.15) is 12.2 Å². The van der Waals surface area contributed by atoms with E-state index in [1.807, 2.05) is 35.2 Å². The Bertz CT molecular complexity index is 637. The summed E-state index contributed by atoms with van der Waals surface area (Å²) in [5.74, 6) is -1.58. The SMILES string of the molecule is CCOC(=O)CCN[C@H](CN1CCC(C(=O)CC(F)(F)F)C1)c1ccccc1. The lowest BCUT2D eigenvalue weighted by Gasteiger charge is -2.25. The molecule has 8 heteroatoms. The van der Waals surface area contributed by atoms with Gasteiger partial charge in [0.2, 0.25) is 0 Å². The Kier molecular flexibility index (Phi) is 8.44. The van der Waals surface area contributed by atoms with E-state index in [4.69, 9.17) is 4.74 Å². The number of likely N-dealkylation sites (tertiary alicyclic amines) is 1. The molecule has 0 radical (unpaired) electrons. The number of benzene rings is 1. The fourth-order valence-corrected chi connectivity index (χ4v) is 3.42. The first-order chi connectivity index (χ1) is 13.3. The van der Waals surface area contributed by atoms with E-state index >= 15 is 0 Å². The summed E-state index contributed by atoms with van der Waals surface area (Å²) in [6, 6.07) is 9.56. The number of ether oxygens (including phenoxy) is 1. The van der Waals surface area contributed by atoms with Gasteiger partial charge in [0, 0.05) is 31.6 Å². The van der Waals surface area contributed by atoms with Crippen LogP contribution in [0.4, 0.5) is 13.2 Å². The molecule has 0 saturated carbocycles. The summed E-state index contributed by atoms with van der Waals surface area (Å²) in [6.07, 6.45) is -5.12. The van der Waals surface area contributed by atoms with Gasteiger partial charge >= 0.3 is 12.1 Å². The normalized spacial score (nSPS) is 18.8. The molecule has 2 atom stereocenters. The summed E-state index contributed by atoms with van der Waals surface area (Å²) >= 11 is 0. The number of Topliss-reactive ketones (excluding diaryl/α,β-unsaturated/α-hetero) is 1. The standard InChI is InChI=1S/C20H27F3N2O3/c1-2-28-19(27)8-10-24-17(15-6-4-3-5-7-15)14-25-11-9-16(13-25)18(26)12-20(21,22)23/h3-7,16-17,24H,2,8-14H2,1H3/t16?,17-/m1/s1. The molecule has 1 aromatic rings. The van der Waals surface area contributed by atoms with Crippen LogP contribution in [0, 0.1) is 5.92 Å². The molecule has 1 aliphatic heterocycles. The van der Waals surface area contributed by atoms with Crippen molar-refractivity contribution >= 4 is 11.8 Å². The van der Waals surface area contributed by atoms with Gasteiger partial charge < -0.3 is 15.0 Å². The maximum atomic E-state index is 12.5. The molecular weight excluding hydrogens is 373 g/mol. The van der Waals surface area contributed by atoms with Crippen LogP contribution in [0.25, 0.3) is 0 Å². The highest BCUT2D eigenvalue weighted by molar-refractivity contribution is 5.82. The summed E-state index contributed by atoms with van der Waals surface area (Å²) in [4.78, 5) is 25.4. The number of carbonyl (C=O) groups excluding carboxylic acids is 2. The van der Waals surface area contributed by atoms with Gasteiger partial charge in [-0.2, -0.15) is 13.2 Å². The van der Waals surface area contributed by atoms with Crippen molar-refractivity contribution in [2.45, 2.75) is 38.4 Å². The Morgan fingerprint density at radius 1 is 1.29 bits per heavy atom. The number of rotatable bonds is 10. The Hall–Kier alpha value is -1.93. The Morgan fingerprint density at radius 2 is 2.00 bits per heavy atom. The first kappa shape index (κ1) is 22.4. The molecular formula is C20H27F3N2O3. The second-order valence-electron chi connectivity index (χ2n) is 6.98. The molecule has 1 heterocycles. The van der Waals surface area contributed by atoms with Crippen LogP contribution < -0.4 is 5.32 Å². The van der Waals surface area contributed by atoms with E-state index in [-0.39, 0.29) is 18.4 Å². The summed E-state index contributed by atoms with van der Waals surface area (Å²) in [6.45, 7) is 3.99. The third-order valence-electron chi connectivity index (χ3n) is 4.77. The average molecular weight is 400 g/mol. The number of alkyl halides is 3. The van der Waals surface area contributed by atoms with Crippen molar-refractivity contribution in [3.05, 3.63) is 35.9 Å². The van der Waals surface area contributed by atoms with Crippen molar-refractivity contribution < 1.29 is 27.5 Å². The lowest BCUT2D eigenvalue weighted by molar-refractivity contribution is -0.154. The summed E-state index contributed by atoms with van der Waals surface area (Å²) in [7, 11) is 0. The molecule has 5 nitrogen and oxygen atoms in total. The summed E-state index contributed by atoms with van der Waals surface area (Å²) in [5, 5.41) is 3.33. The second-order valence-corrected chi connectivity index (χ2v) is 6.98. The zero-order valence-electron chi connectivity index (χ0n) is 16.0. The zero-order chi connectivity index (χ0) is 20.6. The van der Waals surface area contributed by atoms with E-state index in [0.29, 0.717) is 39.2 Å². The van der Waals surface area contributed by atoms with Crippen molar-refractivity contribution in [3.63, 3.8) is 0 Å². The molecule has 1 unspecified atom stereocenters. The topological polar surface area (TPSA) is 58.6 Å². The smallest absolute Gasteiger partial charge is 0.395 e. The first-order valence-electron chi connectivity index (χ1n) is 9.54. The van der Waals surface area contributed by atoms with E-state index in [0.717, 1.165) is 5.56 Å². The molecule has 156 valence electrons. The Morgan fingerprint density at radius 3 is 2.64 bits per heavy atom. The molecule has 28 heavy (non-hydrogen) atoms. The van der Waals surface area contributed by atoms with E-state index in [1.54, 1.807) is 6.92 Å². The van der Waals surface area contributed by atoms with Gasteiger partial charge in [-0.05, 0) is 25.5 Å². The molecule has 0 spiro atoms. The van der Waals surface area contributed by atoms with Crippen LogP contribution in [-0.4, -0.2) is 55.6 Å². The molecule has 1 saturated heterocycles. The molecule has 1 fully saturated rings. The number of ketones is 1. The summed E-state index contributed by atoms with van der Waals surface area (Å²) < 4.78 is 42.3. The van der Waals surface area contributed by atoms with Gasteiger partial charge in [-0.15, -0.1) is 0 Å². The molecule has 0 aliphatic carbocycles. The number of hydrogen-bond donors (Lipinski definition) is 1. The fraction of sp³-hybridized carbons (Fsp3) is 0.600. The van der Waals surface area contributed by atoms with E-state index in [9.17, 15) is 22.8 Å². The van der Waals surface area contributed by atoms with Crippen LogP contribution in [-0.2, 0) is 14.3 Å². The average Bonchev–Trinajstić information content (AvgIpc) is 3.09. The number of hydrogen-bond acceptors (Lipinski definition) is 5. The predicted octanol–water partition coefficient (Wildman–Crippen LogP) is 3.11. The van der Waals surface area contributed by atoms with Crippen LogP contribution >= 0.6 is 0 Å². The monoisotopic (exact) mass is 400 g/mol. The number of nitrogens with zero attached hydrogens (tertiary/aromatic N) is 1. The van der Waals surface area contributed by atoms with Crippen LogP contribution in [0.3, 0.4) is 0 Å². The van der Waals surface area contributed by atoms with E-state index < -0.39 is 24.3 Å². The van der Waals surface area contributed by atoms with Crippen LogP contribution in [0.15, 0.2) is 30.3 Å². The molecule has 1 aliphatic rings. The third kappa shape index (κ3) is 7.59. The first-order valence-corrected chi connectivity index (χ1v) is 9.54. The molecule has 0 bridgehead atoms. The summed E-state index contributed by atoms with van der Waals surface area (Å²) in [5.41, 5.74) is 1.02. The quantitative estimate of drug-likeness (QED) is 0.612. The highest BCUT2D eigenvalue weighted by Gasteiger charge is 2.37. The predicted molar refractivity (Wildman–Crippen MR) is 98.7 cm³/mol. The molecule has 1 aromatic carbocycles. The van der Waals surface area contributed by atoms with Crippen LogP contribution in [0.2, 0.25) is 0 Å². The van der Waals surface area contributed by atoms with Crippen LogP contribution in [0.5, 0.6) is 0 Å². The van der Waals surface area contributed by atoms with Crippen molar-refractivity contribution in [2.24, 2.45) is 5.92 Å². The Labute approximate surface area is 163 Å². The molecule has 2 rings (SSSR count). The highest BCUT2D eigenvalue weighted by Crippen LogP contribution is 2.27. The minimum absolute atomic E-state index is 0.0907. The fourth-order valence-electron chi connectivity index (χ4n) is 3.42. The second kappa shape index (κ2) is 10.6. The van der Waals surface area contributed by atoms with Gasteiger partial charge in [0.05, 0.1) is 13.0 Å². The van der Waals surface area contributed by atoms with Gasteiger partial charge in [-0.3, -0.25) is 9.59 Å². The van der Waals surface area contributed by atoms with E-state index in [2.05, 4.69) is 5.32 Å². The number of carbonyl (C=O) groups is 2. The minimum Gasteiger partial charge on any atom is -0.466 e. The third-order valence-corrected chi connectivity index (χ3v) is 4.77. The van der Waals surface area contributed by atoms with Crippen molar-refractivity contribution in [2.75, 3.05) is 32.8 Å². The molecule has 1 N–H and O–H groups in total. The van der Waals surface area contributed by atoms with Gasteiger partial charge in [-0.1, -0.05) is 30.3 Å². The number of nitrogens with one attached hydrogen (secondary N) is 1. The number of esters is 1. The lowest BCUT2D eigenvalue weighted by Crippen LogP contribution is -2.36. The highest BCUT2D eigenvalue weighted by atomic mass is 19.4. The lowest BCUT2D eigenvalue weighted by atomic mass is 10.0. The largest absolute Gasteiger partial charge is 0.466 e. The maximum absolute atomic E-state index is 12.5. The van der Waals surface area contributed by atoms with Crippen LogP contribution in [0.1, 0.15) is 37.8 Å². The molecule has 0 aromatic heterocycles. The maximum Gasteiger partial charge on any atom is 0.395 e. The van der Waals surface area contributed by atoms with Gasteiger partial charge in [0.25, 0.3) is 0 Å². The minimum atomic E-state index is -4.45. The Balaban J connectivity index is 1.91. The zero-order valence-corrected chi connectivity index (χ0v) is 16.0. The van der Waals surface area contributed by atoms with Gasteiger partial charge in [0.15, 0.2) is 0 Å². The number of halogens is 3. The molecule has 0 amide bonds. The van der Waals surface area contributed by atoms with Crippen molar-refractivity contribution in [3.8, 4) is 0 Å².